The first-order chi connectivity index (χ1) is 8.04. The van der Waals surface area contributed by atoms with Gasteiger partial charge in [-0.3, -0.25) is 0 Å². The summed E-state index contributed by atoms with van der Waals surface area (Å²) in [7, 11) is 1.34. The molecule has 0 bridgehead atoms. The third-order valence-electron chi connectivity index (χ3n) is 1.78. The van der Waals surface area contributed by atoms with Gasteiger partial charge in [-0.15, -0.1) is 5.10 Å². The van der Waals surface area contributed by atoms with Crippen molar-refractivity contribution in [2.45, 2.75) is 0 Å². The van der Waals surface area contributed by atoms with Crippen LogP contribution in [0, 0.1) is 3.57 Å². The Hall–Kier alpha value is -1.64. The monoisotopic (exact) mass is 346 g/mol. The molecule has 0 aromatic heterocycles. The maximum atomic E-state index is 11.3. The number of halogens is 1. The maximum Gasteiger partial charge on any atom is 0.338 e. The average molecular weight is 346 g/mol. The molecule has 0 saturated carbocycles. The zero-order valence-electron chi connectivity index (χ0n) is 9.05. The molecule has 0 fully saturated rings. The molecule has 17 heavy (non-hydrogen) atoms. The zero-order valence-corrected chi connectivity index (χ0v) is 11.2. The third-order valence-corrected chi connectivity index (χ3v) is 2.67. The standard InChI is InChI=1S/C10H11IN4O2/c1-17-9(16)7-3-2-6(4-8(7)11)5-14-15-10(12)13/h2-5H,1H3,(H4,12,13,15). The van der Waals surface area contributed by atoms with Crippen LogP contribution in [0.3, 0.4) is 0 Å². The first-order valence-electron chi connectivity index (χ1n) is 4.54. The molecule has 0 radical (unpaired) electrons. The first kappa shape index (κ1) is 13.4. The minimum Gasteiger partial charge on any atom is -0.465 e. The molecular weight excluding hydrogens is 335 g/mol. The predicted molar refractivity (Wildman–Crippen MR) is 73.9 cm³/mol. The lowest BCUT2D eigenvalue weighted by Crippen LogP contribution is -2.21. The summed E-state index contributed by atoms with van der Waals surface area (Å²) in [5.74, 6) is -0.482. The van der Waals surface area contributed by atoms with Crippen molar-refractivity contribution in [3.05, 3.63) is 32.9 Å². The molecule has 0 aliphatic heterocycles. The van der Waals surface area contributed by atoms with Gasteiger partial charge in [0, 0.05) is 3.57 Å². The SMILES string of the molecule is COC(=O)c1ccc(C=NN=C(N)N)cc1I. The van der Waals surface area contributed by atoms with Crippen molar-refractivity contribution in [3.8, 4) is 0 Å². The van der Waals surface area contributed by atoms with Gasteiger partial charge >= 0.3 is 5.97 Å². The Morgan fingerprint density at radius 3 is 2.71 bits per heavy atom. The van der Waals surface area contributed by atoms with Gasteiger partial charge in [0.2, 0.25) is 5.96 Å². The Balaban J connectivity index is 2.93. The number of hydrogen-bond acceptors (Lipinski definition) is 4. The maximum absolute atomic E-state index is 11.3. The number of nitrogens with zero attached hydrogens (tertiary/aromatic N) is 2. The highest BCUT2D eigenvalue weighted by atomic mass is 127. The van der Waals surface area contributed by atoms with Crippen molar-refractivity contribution in [2.24, 2.45) is 21.7 Å². The molecule has 0 atom stereocenters. The lowest BCUT2D eigenvalue weighted by molar-refractivity contribution is 0.0599. The van der Waals surface area contributed by atoms with E-state index in [-0.39, 0.29) is 11.9 Å². The lowest BCUT2D eigenvalue weighted by atomic mass is 10.1. The van der Waals surface area contributed by atoms with E-state index < -0.39 is 0 Å². The molecule has 4 N–H and O–H groups in total. The van der Waals surface area contributed by atoms with Crippen molar-refractivity contribution < 1.29 is 9.53 Å². The zero-order chi connectivity index (χ0) is 12.8. The number of hydrogen-bond donors (Lipinski definition) is 2. The van der Waals surface area contributed by atoms with Gasteiger partial charge in [-0.05, 0) is 40.3 Å². The molecule has 0 aliphatic rings. The van der Waals surface area contributed by atoms with Gasteiger partial charge in [0.05, 0.1) is 18.9 Å². The highest BCUT2D eigenvalue weighted by molar-refractivity contribution is 14.1. The molecule has 0 heterocycles. The van der Waals surface area contributed by atoms with Crippen LogP contribution >= 0.6 is 22.6 Å². The van der Waals surface area contributed by atoms with Gasteiger partial charge in [-0.1, -0.05) is 6.07 Å². The topological polar surface area (TPSA) is 103 Å². The molecule has 90 valence electrons. The summed E-state index contributed by atoms with van der Waals surface area (Å²) in [4.78, 5) is 11.3. The number of rotatable bonds is 3. The van der Waals surface area contributed by atoms with Gasteiger partial charge in [-0.25, -0.2) is 4.79 Å². The van der Waals surface area contributed by atoms with E-state index in [4.69, 9.17) is 11.5 Å². The smallest absolute Gasteiger partial charge is 0.338 e. The number of guanidine groups is 1. The fourth-order valence-electron chi connectivity index (χ4n) is 1.05. The van der Waals surface area contributed by atoms with Crippen LogP contribution in [0.2, 0.25) is 0 Å². The van der Waals surface area contributed by atoms with Crippen LogP contribution in [-0.4, -0.2) is 25.3 Å². The van der Waals surface area contributed by atoms with E-state index in [0.717, 1.165) is 9.13 Å². The lowest BCUT2D eigenvalue weighted by Gasteiger charge is -2.02. The summed E-state index contributed by atoms with van der Waals surface area (Å²) >= 11 is 2.04. The Labute approximate surface area is 112 Å². The number of benzene rings is 1. The number of carbonyl (C=O) groups is 1. The molecule has 6 nitrogen and oxygen atoms in total. The van der Waals surface area contributed by atoms with Crippen molar-refractivity contribution in [1.82, 2.24) is 0 Å². The van der Waals surface area contributed by atoms with Crippen LogP contribution in [0.1, 0.15) is 15.9 Å². The second-order valence-corrected chi connectivity index (χ2v) is 4.16. The molecule has 0 spiro atoms. The van der Waals surface area contributed by atoms with Gasteiger partial charge in [-0.2, -0.15) is 5.10 Å². The summed E-state index contributed by atoms with van der Waals surface area (Å²) in [6.45, 7) is 0. The molecule has 0 saturated heterocycles. The fraction of sp³-hybridized carbons (Fsp3) is 0.100. The molecule has 1 aromatic rings. The highest BCUT2D eigenvalue weighted by Crippen LogP contribution is 2.14. The molecule has 0 unspecified atom stereocenters. The van der Waals surface area contributed by atoms with E-state index in [0.29, 0.717) is 5.56 Å². The number of carbonyl (C=O) groups excluding carboxylic acids is 1. The second-order valence-electron chi connectivity index (χ2n) is 3.00. The normalized spacial score (nSPS) is 10.2. The van der Waals surface area contributed by atoms with E-state index in [2.05, 4.69) is 14.9 Å². The van der Waals surface area contributed by atoms with Gasteiger partial charge in [0.25, 0.3) is 0 Å². The van der Waals surface area contributed by atoms with Crippen molar-refractivity contribution in [2.75, 3.05) is 7.11 Å². The molecule has 0 aliphatic carbocycles. The Morgan fingerprint density at radius 1 is 1.47 bits per heavy atom. The first-order valence-corrected chi connectivity index (χ1v) is 5.62. The third kappa shape index (κ3) is 4.02. The van der Waals surface area contributed by atoms with E-state index in [1.54, 1.807) is 18.2 Å². The number of methoxy groups -OCH3 is 1. The van der Waals surface area contributed by atoms with Crippen molar-refractivity contribution >= 4 is 40.7 Å². The number of ether oxygens (including phenoxy) is 1. The summed E-state index contributed by atoms with van der Waals surface area (Å²) in [5, 5.41) is 7.14. The van der Waals surface area contributed by atoms with Crippen LogP contribution in [0.15, 0.2) is 28.4 Å². The molecule has 7 heteroatoms. The van der Waals surface area contributed by atoms with E-state index >= 15 is 0 Å². The summed E-state index contributed by atoms with van der Waals surface area (Å²) < 4.78 is 5.40. The summed E-state index contributed by atoms with van der Waals surface area (Å²) in [5.41, 5.74) is 11.5. The largest absolute Gasteiger partial charge is 0.465 e. The van der Waals surface area contributed by atoms with Gasteiger partial charge in [0.15, 0.2) is 0 Å². The highest BCUT2D eigenvalue weighted by Gasteiger charge is 2.09. The van der Waals surface area contributed by atoms with E-state index in [1.165, 1.54) is 13.3 Å². The van der Waals surface area contributed by atoms with Crippen molar-refractivity contribution in [3.63, 3.8) is 0 Å². The minimum absolute atomic E-state index is 0.109. The molecule has 1 rings (SSSR count). The Bertz CT molecular complexity index is 481. The summed E-state index contributed by atoms with van der Waals surface area (Å²) in [6, 6.07) is 5.16. The second kappa shape index (κ2) is 6.18. The molecular formula is C10H11IN4O2. The Morgan fingerprint density at radius 2 is 2.18 bits per heavy atom. The van der Waals surface area contributed by atoms with E-state index in [9.17, 15) is 4.79 Å². The van der Waals surface area contributed by atoms with Crippen LogP contribution in [-0.2, 0) is 4.74 Å². The Kier molecular flexibility index (Phi) is 4.88. The van der Waals surface area contributed by atoms with E-state index in [1.807, 2.05) is 22.6 Å². The van der Waals surface area contributed by atoms with Gasteiger partial charge < -0.3 is 16.2 Å². The minimum atomic E-state index is -0.373. The molecule has 0 amide bonds. The quantitative estimate of drug-likeness (QED) is 0.276. The van der Waals surface area contributed by atoms with Crippen molar-refractivity contribution in [1.29, 1.82) is 0 Å². The van der Waals surface area contributed by atoms with Gasteiger partial charge in [0.1, 0.15) is 0 Å². The molecule has 1 aromatic carbocycles. The average Bonchev–Trinajstić information content (AvgIpc) is 2.28. The fourth-order valence-corrected chi connectivity index (χ4v) is 1.81. The number of esters is 1. The van der Waals surface area contributed by atoms with Crippen LogP contribution < -0.4 is 11.5 Å². The van der Waals surface area contributed by atoms with Crippen LogP contribution in [0.4, 0.5) is 0 Å². The van der Waals surface area contributed by atoms with Crippen LogP contribution in [0.5, 0.6) is 0 Å². The van der Waals surface area contributed by atoms with Crippen LogP contribution in [0.25, 0.3) is 0 Å². The number of nitrogens with two attached hydrogens (primary N) is 2. The predicted octanol–water partition coefficient (Wildman–Crippen LogP) is 0.685. The summed E-state index contributed by atoms with van der Waals surface area (Å²) in [6.07, 6.45) is 1.49.